The molecular formula is C49H64N12O11. The van der Waals surface area contributed by atoms with Crippen LogP contribution in [0, 0.1) is 0 Å². The number of aliphatic hydroxyl groups is 1. The van der Waals surface area contributed by atoms with Crippen molar-refractivity contribution in [2.24, 2.45) is 27.9 Å². The summed E-state index contributed by atoms with van der Waals surface area (Å²) in [6, 6.07) is 12.3. The Balaban J connectivity index is 1.35. The van der Waals surface area contributed by atoms with E-state index in [0.29, 0.717) is 23.1 Å². The topological polar surface area (TPSA) is 393 Å². The number of carboxylic acid groups (broad SMARTS) is 1. The molecule has 72 heavy (non-hydrogen) atoms. The minimum absolute atomic E-state index is 0.0288. The first-order valence-electron chi connectivity index (χ1n) is 23.5. The largest absolute Gasteiger partial charge is 0.508 e. The van der Waals surface area contributed by atoms with E-state index >= 15 is 0 Å². The number of hydrogen-bond donors (Lipinski definition) is 13. The van der Waals surface area contributed by atoms with E-state index in [1.54, 1.807) is 60.8 Å². The lowest BCUT2D eigenvalue weighted by molar-refractivity contribution is -0.142. The molecule has 0 bridgehead atoms. The Hall–Kier alpha value is -8.05. The number of para-hydroxylation sites is 1. The van der Waals surface area contributed by atoms with E-state index < -0.39 is 109 Å². The molecule has 8 unspecified atom stereocenters. The molecule has 1 aromatic heterocycles. The second-order valence-corrected chi connectivity index (χ2v) is 17.7. The van der Waals surface area contributed by atoms with Crippen LogP contribution in [0.5, 0.6) is 5.75 Å². The number of carbonyl (C=O) groups is 8. The summed E-state index contributed by atoms with van der Waals surface area (Å²) >= 11 is 0. The number of aromatic amines is 1. The van der Waals surface area contributed by atoms with E-state index in [4.69, 9.17) is 22.9 Å². The predicted octanol–water partition coefficient (Wildman–Crippen LogP) is -1.57. The number of aliphatic carboxylic acids is 1. The third-order valence-corrected chi connectivity index (χ3v) is 12.1. The lowest BCUT2D eigenvalue weighted by atomic mass is 10.0. The smallest absolute Gasteiger partial charge is 0.326 e. The van der Waals surface area contributed by atoms with Gasteiger partial charge in [0.2, 0.25) is 41.4 Å². The van der Waals surface area contributed by atoms with Gasteiger partial charge in [-0.2, -0.15) is 0 Å². The number of nitrogens with two attached hydrogens (primary N) is 4. The number of nitrogens with one attached hydrogen (secondary N) is 6. The molecule has 0 aliphatic carbocycles. The minimum Gasteiger partial charge on any atom is -0.508 e. The zero-order valence-corrected chi connectivity index (χ0v) is 39.8. The Morgan fingerprint density at radius 3 is 2.00 bits per heavy atom. The Morgan fingerprint density at radius 2 is 1.35 bits per heavy atom. The van der Waals surface area contributed by atoms with Crippen LogP contribution in [0.4, 0.5) is 0 Å². The number of fused-ring (bicyclic) bond motifs is 1. The highest BCUT2D eigenvalue weighted by Crippen LogP contribution is 2.23. The fraction of sp³-hybridized carbons (Fsp3) is 0.408. The molecule has 0 saturated carbocycles. The van der Waals surface area contributed by atoms with Crippen molar-refractivity contribution >= 4 is 64.2 Å². The monoisotopic (exact) mass is 996 g/mol. The second kappa shape index (κ2) is 26.2. The number of amides is 7. The number of H-pyrrole nitrogens is 1. The van der Waals surface area contributed by atoms with Gasteiger partial charge in [-0.25, -0.2) is 4.79 Å². The standard InChI is InChI=1S/C49H64N12O11/c1-27(62)41(46(69)57-36(19-20-40(51)64)43(66)56-35(13-7-21-54-49(52)53)42(65)59-38(48(71)72)24-28-9-3-2-4-10-28)60-44(67)37(25-30-26-55-34-12-6-5-11-32(30)34)58-45(68)39-14-8-22-61(39)47(70)33(50)23-29-15-17-31(63)18-16-29/h2-6,9-12,15-18,26-27,33,35-39,41,55,62-63H,7-8,13-14,19-25,50H2,1H3,(H2,51,64)(H,56,66)(H,57,69)(H,58,68)(H,59,65)(H,60,67)(H,71,72)(H4,52,53,54). The quantitative estimate of drug-likeness (QED) is 0.0192. The molecule has 2 heterocycles. The van der Waals surface area contributed by atoms with Gasteiger partial charge in [0.1, 0.15) is 42.0 Å². The molecule has 23 heteroatoms. The van der Waals surface area contributed by atoms with Crippen molar-refractivity contribution in [1.29, 1.82) is 0 Å². The van der Waals surface area contributed by atoms with E-state index in [1.807, 2.05) is 12.1 Å². The summed E-state index contributed by atoms with van der Waals surface area (Å²) < 4.78 is 0. The average molecular weight is 997 g/mol. The summed E-state index contributed by atoms with van der Waals surface area (Å²) in [6.07, 6.45) is -0.171. The number of hydrogen-bond acceptors (Lipinski definition) is 12. The summed E-state index contributed by atoms with van der Waals surface area (Å²) in [6.45, 7) is 1.45. The lowest BCUT2D eigenvalue weighted by Gasteiger charge is -2.30. The third-order valence-electron chi connectivity index (χ3n) is 12.1. The molecule has 1 fully saturated rings. The molecule has 17 N–H and O–H groups in total. The van der Waals surface area contributed by atoms with Crippen LogP contribution in [0.3, 0.4) is 0 Å². The maximum atomic E-state index is 14.4. The highest BCUT2D eigenvalue weighted by Gasteiger charge is 2.39. The van der Waals surface area contributed by atoms with E-state index in [2.05, 4.69) is 36.6 Å². The Bertz CT molecular complexity index is 2570. The summed E-state index contributed by atoms with van der Waals surface area (Å²) in [5.74, 6) is -7.47. The van der Waals surface area contributed by atoms with E-state index in [1.165, 1.54) is 24.0 Å². The number of primary amides is 1. The van der Waals surface area contributed by atoms with Gasteiger partial charge in [0, 0.05) is 49.5 Å². The molecule has 0 spiro atoms. The van der Waals surface area contributed by atoms with Crippen molar-refractivity contribution in [3.8, 4) is 5.75 Å². The number of phenolic OH excluding ortho intramolecular Hbond substituents is 1. The first-order valence-corrected chi connectivity index (χ1v) is 23.5. The van der Waals surface area contributed by atoms with Crippen LogP contribution in [0.25, 0.3) is 10.9 Å². The molecule has 1 aliphatic rings. The number of guanidine groups is 1. The summed E-state index contributed by atoms with van der Waals surface area (Å²) in [5, 5.41) is 44.0. The number of aromatic nitrogens is 1. The van der Waals surface area contributed by atoms with Gasteiger partial charge in [-0.3, -0.25) is 38.6 Å². The molecule has 5 rings (SSSR count). The maximum absolute atomic E-state index is 14.4. The molecule has 8 atom stereocenters. The molecule has 1 aliphatic heterocycles. The number of aromatic hydroxyl groups is 1. The van der Waals surface area contributed by atoms with Gasteiger partial charge in [-0.05, 0) is 80.3 Å². The Labute approximate surface area is 414 Å². The Kier molecular flexibility index (Phi) is 20.0. The molecule has 3 aromatic carbocycles. The number of benzene rings is 3. The minimum atomic E-state index is -1.78. The van der Waals surface area contributed by atoms with Crippen LogP contribution in [-0.2, 0) is 57.6 Å². The number of likely N-dealkylation sites (tertiary alicyclic amines) is 1. The first kappa shape index (κ1) is 54.9. The van der Waals surface area contributed by atoms with Gasteiger partial charge in [0.25, 0.3) is 0 Å². The summed E-state index contributed by atoms with van der Waals surface area (Å²) in [4.78, 5) is 117. The highest BCUT2D eigenvalue weighted by molar-refractivity contribution is 5.98. The maximum Gasteiger partial charge on any atom is 0.326 e. The summed E-state index contributed by atoms with van der Waals surface area (Å²) in [7, 11) is 0. The molecule has 386 valence electrons. The molecule has 0 radical (unpaired) electrons. The van der Waals surface area contributed by atoms with Crippen molar-refractivity contribution in [3.05, 3.63) is 102 Å². The number of carboxylic acids is 1. The van der Waals surface area contributed by atoms with Crippen LogP contribution in [0.1, 0.15) is 62.1 Å². The fourth-order valence-corrected chi connectivity index (χ4v) is 8.33. The fourth-order valence-electron chi connectivity index (χ4n) is 8.33. The third kappa shape index (κ3) is 16.0. The normalized spacial score (nSPS) is 16.2. The van der Waals surface area contributed by atoms with Crippen molar-refractivity contribution in [2.45, 2.75) is 113 Å². The highest BCUT2D eigenvalue weighted by atomic mass is 16.4. The van der Waals surface area contributed by atoms with Crippen LogP contribution < -0.4 is 49.5 Å². The van der Waals surface area contributed by atoms with E-state index in [9.17, 15) is 53.7 Å². The number of carbonyl (C=O) groups excluding carboxylic acids is 7. The van der Waals surface area contributed by atoms with Crippen molar-refractivity contribution < 1.29 is 53.7 Å². The van der Waals surface area contributed by atoms with Gasteiger partial charge < -0.3 is 74.7 Å². The molecule has 4 aromatic rings. The average Bonchev–Trinajstić information content (AvgIpc) is 4.01. The van der Waals surface area contributed by atoms with Crippen molar-refractivity contribution in [3.63, 3.8) is 0 Å². The van der Waals surface area contributed by atoms with Crippen LogP contribution in [0.15, 0.2) is 90.1 Å². The van der Waals surface area contributed by atoms with Gasteiger partial charge in [-0.1, -0.05) is 60.7 Å². The number of rotatable bonds is 26. The van der Waals surface area contributed by atoms with Gasteiger partial charge >= 0.3 is 5.97 Å². The van der Waals surface area contributed by atoms with Crippen molar-refractivity contribution in [2.75, 3.05) is 13.1 Å². The van der Waals surface area contributed by atoms with Gasteiger partial charge in [-0.15, -0.1) is 0 Å². The number of aliphatic hydroxyl groups excluding tert-OH is 1. The zero-order chi connectivity index (χ0) is 52.5. The Morgan fingerprint density at radius 1 is 0.736 bits per heavy atom. The lowest BCUT2D eigenvalue weighted by Crippen LogP contribution is -2.62. The number of nitrogens with zero attached hydrogens (tertiary/aromatic N) is 2. The number of aliphatic imine (C=N–C) groups is 1. The van der Waals surface area contributed by atoms with Gasteiger partial charge in [0.15, 0.2) is 5.96 Å². The predicted molar refractivity (Wildman–Crippen MR) is 264 cm³/mol. The second-order valence-electron chi connectivity index (χ2n) is 17.7. The zero-order valence-electron chi connectivity index (χ0n) is 39.8. The summed E-state index contributed by atoms with van der Waals surface area (Å²) in [5.41, 5.74) is 25.3. The van der Waals surface area contributed by atoms with Crippen molar-refractivity contribution in [1.82, 2.24) is 36.5 Å². The van der Waals surface area contributed by atoms with E-state index in [0.717, 1.165) is 10.9 Å². The SMILES string of the molecule is CC(O)C(NC(=O)C(Cc1c[nH]c2ccccc12)NC(=O)C1CCCN1C(=O)C(N)Cc1ccc(O)cc1)C(=O)NC(CCC(N)=O)C(=O)NC(CCCN=C(N)N)C(=O)NC(Cc1ccccc1)C(=O)O. The van der Waals surface area contributed by atoms with Crippen LogP contribution >= 0.6 is 0 Å². The molecule has 7 amide bonds. The van der Waals surface area contributed by atoms with Crippen LogP contribution in [0.2, 0.25) is 0 Å². The molecule has 1 saturated heterocycles. The first-order chi connectivity index (χ1) is 34.3. The molecular weight excluding hydrogens is 933 g/mol. The van der Waals surface area contributed by atoms with Crippen LogP contribution in [-0.4, -0.2) is 140 Å². The van der Waals surface area contributed by atoms with E-state index in [-0.39, 0.29) is 63.3 Å². The van der Waals surface area contributed by atoms with Gasteiger partial charge in [0.05, 0.1) is 12.1 Å². The number of phenols is 1. The molecule has 23 nitrogen and oxygen atoms in total.